The zero-order chi connectivity index (χ0) is 31.8. The number of amides is 1. The predicted molar refractivity (Wildman–Crippen MR) is 160 cm³/mol. The van der Waals surface area contributed by atoms with Crippen LogP contribution in [-0.4, -0.2) is 72.2 Å². The highest BCUT2D eigenvalue weighted by atomic mass is 19.4. The number of carbonyl (C=O) groups is 1. The Morgan fingerprint density at radius 1 is 1.05 bits per heavy atom. The van der Waals surface area contributed by atoms with Gasteiger partial charge in [-0.2, -0.15) is 13.2 Å². The van der Waals surface area contributed by atoms with Crippen LogP contribution in [0.15, 0.2) is 53.5 Å². The van der Waals surface area contributed by atoms with E-state index in [-0.39, 0.29) is 23.3 Å². The second-order valence-electron chi connectivity index (χ2n) is 11.8. The summed E-state index contributed by atoms with van der Waals surface area (Å²) in [6, 6.07) is 10.5. The van der Waals surface area contributed by atoms with Gasteiger partial charge < -0.3 is 15.2 Å². The van der Waals surface area contributed by atoms with E-state index >= 15 is 4.39 Å². The summed E-state index contributed by atoms with van der Waals surface area (Å²) in [5, 5.41) is 2.59. The number of piperidine rings is 1. The van der Waals surface area contributed by atoms with Crippen LogP contribution in [0.4, 0.5) is 33.3 Å². The molecule has 0 radical (unpaired) electrons. The van der Waals surface area contributed by atoms with E-state index < -0.39 is 40.8 Å². The number of H-pyrrole nitrogens is 1. The van der Waals surface area contributed by atoms with E-state index in [0.29, 0.717) is 62.9 Å². The van der Waals surface area contributed by atoms with Crippen LogP contribution in [0, 0.1) is 5.82 Å². The molecular weight excluding hydrogens is 581 g/mol. The Morgan fingerprint density at radius 3 is 2.39 bits per heavy atom. The number of aromatic amines is 1. The number of likely N-dealkylation sites (N-methyl/N-ethyl adjacent to an activating group) is 1. The molecule has 7 nitrogen and oxygen atoms in total. The van der Waals surface area contributed by atoms with Gasteiger partial charge in [0.15, 0.2) is 0 Å². The van der Waals surface area contributed by atoms with Gasteiger partial charge >= 0.3 is 6.18 Å². The van der Waals surface area contributed by atoms with Crippen molar-refractivity contribution >= 4 is 17.3 Å². The molecule has 2 aliphatic heterocycles. The molecular formula is C32H36F5N5O2. The maximum absolute atomic E-state index is 15.9. The molecule has 12 heteroatoms. The van der Waals surface area contributed by atoms with Gasteiger partial charge in [0.05, 0.1) is 22.5 Å². The second kappa shape index (κ2) is 12.7. The predicted octanol–water partition coefficient (Wildman–Crippen LogP) is 5.91. The topological polar surface area (TPSA) is 71.7 Å². The summed E-state index contributed by atoms with van der Waals surface area (Å²) in [6.45, 7) is 6.84. The molecule has 2 saturated heterocycles. The first-order valence-electron chi connectivity index (χ1n) is 14.7. The van der Waals surface area contributed by atoms with Crippen molar-refractivity contribution in [3.63, 3.8) is 0 Å². The molecule has 2 aromatic carbocycles. The molecule has 0 saturated carbocycles. The van der Waals surface area contributed by atoms with E-state index in [9.17, 15) is 27.2 Å². The molecule has 236 valence electrons. The number of carbonyl (C=O) groups excluding carboxylic acids is 1. The highest BCUT2D eigenvalue weighted by Crippen LogP contribution is 2.37. The fraction of sp³-hybridized carbons (Fsp3) is 0.438. The SMILES string of the molecule is CC1CN(c2cc(F)c(-c3cccc(CN4CCC(F)CC4)c3)cc2NC(=O)c2c[nH]c(=O)cc2C(F)(F)F)CC(C)N1C. The number of nitrogens with one attached hydrogen (secondary N) is 2. The molecule has 0 aliphatic carbocycles. The first-order valence-corrected chi connectivity index (χ1v) is 14.7. The minimum Gasteiger partial charge on any atom is -0.367 e. The van der Waals surface area contributed by atoms with Crippen molar-refractivity contribution in [2.24, 2.45) is 0 Å². The summed E-state index contributed by atoms with van der Waals surface area (Å²) >= 11 is 0. The zero-order valence-corrected chi connectivity index (χ0v) is 24.8. The lowest BCUT2D eigenvalue weighted by molar-refractivity contribution is -0.138. The molecule has 1 aromatic heterocycles. The van der Waals surface area contributed by atoms with Crippen molar-refractivity contribution in [3.05, 3.63) is 81.5 Å². The van der Waals surface area contributed by atoms with Gasteiger partial charge in [-0.3, -0.25) is 19.4 Å². The average molecular weight is 618 g/mol. The average Bonchev–Trinajstić information content (AvgIpc) is 2.97. The molecule has 2 fully saturated rings. The van der Waals surface area contributed by atoms with E-state index in [0.717, 1.165) is 11.8 Å². The number of nitrogens with zero attached hydrogens (tertiary/aromatic N) is 3. The van der Waals surface area contributed by atoms with Crippen LogP contribution in [0.1, 0.15) is 48.2 Å². The summed E-state index contributed by atoms with van der Waals surface area (Å²) in [5.74, 6) is -1.64. The van der Waals surface area contributed by atoms with Crippen molar-refractivity contribution in [3.8, 4) is 11.1 Å². The normalized spacial score (nSPS) is 20.6. The minimum absolute atomic E-state index is 0.0835. The zero-order valence-electron chi connectivity index (χ0n) is 24.8. The molecule has 2 atom stereocenters. The molecule has 0 spiro atoms. The van der Waals surface area contributed by atoms with Crippen molar-refractivity contribution in [1.82, 2.24) is 14.8 Å². The summed E-state index contributed by atoms with van der Waals surface area (Å²) in [5.41, 5.74) is -1.03. The molecule has 3 heterocycles. The summed E-state index contributed by atoms with van der Waals surface area (Å²) < 4.78 is 70.8. The van der Waals surface area contributed by atoms with Crippen LogP contribution in [0.5, 0.6) is 0 Å². The van der Waals surface area contributed by atoms with Crippen LogP contribution in [0.2, 0.25) is 0 Å². The minimum atomic E-state index is -4.94. The lowest BCUT2D eigenvalue weighted by atomic mass is 9.99. The highest BCUT2D eigenvalue weighted by Gasteiger charge is 2.36. The maximum Gasteiger partial charge on any atom is 0.417 e. The Kier molecular flexibility index (Phi) is 9.12. The summed E-state index contributed by atoms with van der Waals surface area (Å²) in [4.78, 5) is 33.4. The standard InChI is InChI=1S/C32H36F5N5O2/c1-19-16-42(17-20(2)40(19)3)29-14-27(34)24(22-6-4-5-21(11-22)18-41-9-7-23(33)8-10-41)12-28(29)39-31(44)25-15-38-30(43)13-26(25)32(35,36)37/h4-6,11-15,19-20,23H,7-10,16-18H2,1-3H3,(H,38,43)(H,39,44). The Morgan fingerprint density at radius 2 is 1.73 bits per heavy atom. The molecule has 1 amide bonds. The number of anilines is 2. The molecule has 2 aliphatic rings. The number of likely N-dealkylation sites (tertiary alicyclic amines) is 1. The van der Waals surface area contributed by atoms with E-state index in [2.05, 4.69) is 20.1 Å². The molecule has 3 aromatic rings. The number of benzene rings is 2. The third-order valence-corrected chi connectivity index (χ3v) is 8.67. The number of pyridine rings is 1. The van der Waals surface area contributed by atoms with Crippen molar-refractivity contribution in [2.45, 2.75) is 57.7 Å². The Bertz CT molecular complexity index is 1560. The fourth-order valence-electron chi connectivity index (χ4n) is 5.99. The number of rotatable bonds is 6. The first kappa shape index (κ1) is 31.6. The van der Waals surface area contributed by atoms with Gasteiger partial charge in [-0.1, -0.05) is 18.2 Å². The van der Waals surface area contributed by atoms with Gasteiger partial charge in [-0.05, 0) is 63.1 Å². The first-order chi connectivity index (χ1) is 20.8. The van der Waals surface area contributed by atoms with Crippen molar-refractivity contribution in [2.75, 3.05) is 43.4 Å². The van der Waals surface area contributed by atoms with Gasteiger partial charge in [-0.15, -0.1) is 0 Å². The second-order valence-corrected chi connectivity index (χ2v) is 11.8. The number of alkyl halides is 4. The Hall–Kier alpha value is -3.77. The van der Waals surface area contributed by atoms with Crippen LogP contribution in [-0.2, 0) is 12.7 Å². The van der Waals surface area contributed by atoms with Gasteiger partial charge in [0.2, 0.25) is 5.56 Å². The van der Waals surface area contributed by atoms with E-state index in [1.54, 1.807) is 12.1 Å². The largest absolute Gasteiger partial charge is 0.417 e. The van der Waals surface area contributed by atoms with Gasteiger partial charge in [0, 0.05) is 62.6 Å². The summed E-state index contributed by atoms with van der Waals surface area (Å²) in [7, 11) is 1.99. The van der Waals surface area contributed by atoms with Crippen LogP contribution in [0.3, 0.4) is 0 Å². The van der Waals surface area contributed by atoms with Crippen LogP contribution in [0.25, 0.3) is 11.1 Å². The lowest BCUT2D eigenvalue weighted by Gasteiger charge is -2.44. The molecule has 44 heavy (non-hydrogen) atoms. The fourth-order valence-corrected chi connectivity index (χ4v) is 5.99. The van der Waals surface area contributed by atoms with Gasteiger partial charge in [-0.25, -0.2) is 8.78 Å². The third-order valence-electron chi connectivity index (χ3n) is 8.67. The smallest absolute Gasteiger partial charge is 0.367 e. The highest BCUT2D eigenvalue weighted by molar-refractivity contribution is 6.07. The number of halogens is 5. The van der Waals surface area contributed by atoms with Gasteiger partial charge in [0.25, 0.3) is 5.91 Å². The number of piperazine rings is 1. The Labute approximate surface area is 252 Å². The third kappa shape index (κ3) is 6.96. The van der Waals surface area contributed by atoms with Gasteiger partial charge in [0.1, 0.15) is 12.0 Å². The maximum atomic E-state index is 15.9. The lowest BCUT2D eigenvalue weighted by Crippen LogP contribution is -2.55. The van der Waals surface area contributed by atoms with E-state index in [1.165, 1.54) is 12.1 Å². The van der Waals surface area contributed by atoms with Crippen LogP contribution >= 0.6 is 0 Å². The Balaban J connectivity index is 1.53. The number of aromatic nitrogens is 1. The summed E-state index contributed by atoms with van der Waals surface area (Å²) in [6.07, 6.45) is -4.07. The molecule has 0 bridgehead atoms. The number of hydrogen-bond donors (Lipinski definition) is 2. The molecule has 2 unspecified atom stereocenters. The molecule has 5 rings (SSSR count). The van der Waals surface area contributed by atoms with E-state index in [4.69, 9.17) is 0 Å². The van der Waals surface area contributed by atoms with Crippen molar-refractivity contribution in [1.29, 1.82) is 0 Å². The quantitative estimate of drug-likeness (QED) is 0.337. The van der Waals surface area contributed by atoms with E-state index in [1.807, 2.05) is 37.9 Å². The van der Waals surface area contributed by atoms with Crippen LogP contribution < -0.4 is 15.8 Å². The number of hydrogen-bond acceptors (Lipinski definition) is 5. The molecule has 2 N–H and O–H groups in total. The van der Waals surface area contributed by atoms with Crippen molar-refractivity contribution < 1.29 is 26.7 Å². The monoisotopic (exact) mass is 617 g/mol.